The van der Waals surface area contributed by atoms with E-state index in [-0.39, 0.29) is 6.42 Å². The van der Waals surface area contributed by atoms with Crippen molar-refractivity contribution in [2.45, 2.75) is 159 Å². The second-order valence-corrected chi connectivity index (χ2v) is 13.2. The third-order valence-corrected chi connectivity index (χ3v) is 8.76. The number of hydrogen-bond donors (Lipinski definition) is 9. The molecule has 1 saturated carbocycles. The number of phosphoric ester groups is 1. The van der Waals surface area contributed by atoms with Crippen molar-refractivity contribution >= 4 is 13.7 Å². The molecule has 0 aromatic rings. The number of hydrogen-bond acceptors (Lipinski definition) is 11. The topological polar surface area (TPSA) is 226 Å². The molecule has 0 aliphatic heterocycles. The lowest BCUT2D eigenvalue weighted by Crippen LogP contribution is -2.64. The molecular formula is C31H58NO12P. The van der Waals surface area contributed by atoms with E-state index in [1.165, 1.54) is 31.8 Å². The van der Waals surface area contributed by atoms with E-state index >= 15 is 0 Å². The minimum absolute atomic E-state index is 0.252. The van der Waals surface area contributed by atoms with Crippen LogP contribution in [0.4, 0.5) is 0 Å². The van der Waals surface area contributed by atoms with Crippen LogP contribution in [0.5, 0.6) is 0 Å². The highest BCUT2D eigenvalue weighted by atomic mass is 31.2. The van der Waals surface area contributed by atoms with Crippen LogP contribution in [0, 0.1) is 0 Å². The predicted molar refractivity (Wildman–Crippen MR) is 169 cm³/mol. The van der Waals surface area contributed by atoms with Crippen molar-refractivity contribution in [3.8, 4) is 0 Å². The van der Waals surface area contributed by atoms with E-state index in [4.69, 9.17) is 9.05 Å². The first kappa shape index (κ1) is 41.8. The van der Waals surface area contributed by atoms with Gasteiger partial charge in [-0.05, 0) is 25.7 Å². The zero-order chi connectivity index (χ0) is 33.8. The Morgan fingerprint density at radius 3 is 1.91 bits per heavy atom. The van der Waals surface area contributed by atoms with Gasteiger partial charge in [-0.3, -0.25) is 13.8 Å². The Hall–Kier alpha value is -1.22. The number of carbonyl (C=O) groups is 1. The highest BCUT2D eigenvalue weighted by Crippen LogP contribution is 2.47. The molecule has 264 valence electrons. The van der Waals surface area contributed by atoms with Crippen LogP contribution in [0.25, 0.3) is 0 Å². The third kappa shape index (κ3) is 17.0. The molecule has 9 N–H and O–H groups in total. The lowest BCUT2D eigenvalue weighted by molar-refractivity contribution is -0.220. The maximum atomic E-state index is 12.7. The smallest absolute Gasteiger partial charge is 0.393 e. The summed E-state index contributed by atoms with van der Waals surface area (Å²) < 4.78 is 22.5. The fourth-order valence-electron chi connectivity index (χ4n) is 4.97. The number of aliphatic hydroxyl groups excluding tert-OH is 7. The van der Waals surface area contributed by atoms with Gasteiger partial charge >= 0.3 is 7.82 Å². The summed E-state index contributed by atoms with van der Waals surface area (Å²) in [7, 11) is -5.12. The Morgan fingerprint density at radius 1 is 0.778 bits per heavy atom. The summed E-state index contributed by atoms with van der Waals surface area (Å²) in [5.41, 5.74) is 0. The van der Waals surface area contributed by atoms with E-state index in [0.29, 0.717) is 12.8 Å². The van der Waals surface area contributed by atoms with E-state index in [2.05, 4.69) is 25.2 Å². The summed E-state index contributed by atoms with van der Waals surface area (Å²) in [5.74, 6) is -0.613. The summed E-state index contributed by atoms with van der Waals surface area (Å²) in [6, 6.07) is -1.25. The maximum absolute atomic E-state index is 12.7. The average Bonchev–Trinajstić information content (AvgIpc) is 3.00. The SMILES string of the molecule is CCC/C=C/CC/C=C/C(O)C(COP(=O)(O)OC1C(O)C(O)C(O)C(O)C1O)NC(=O)CC(O)CCCCCCCCCC. The summed E-state index contributed by atoms with van der Waals surface area (Å²) in [4.78, 5) is 23.0. The van der Waals surface area contributed by atoms with Crippen LogP contribution in [0.2, 0.25) is 0 Å². The number of aliphatic hydroxyl groups is 7. The van der Waals surface area contributed by atoms with Crippen LogP contribution >= 0.6 is 7.82 Å². The Morgan fingerprint density at radius 2 is 1.31 bits per heavy atom. The number of unbranched alkanes of at least 4 members (excludes halogenated alkanes) is 9. The molecule has 0 aromatic carbocycles. The van der Waals surface area contributed by atoms with Crippen LogP contribution in [0.3, 0.4) is 0 Å². The average molecular weight is 668 g/mol. The zero-order valence-corrected chi connectivity index (χ0v) is 27.7. The second kappa shape index (κ2) is 23.2. The molecule has 1 amide bonds. The molecule has 1 rings (SSSR count). The quantitative estimate of drug-likeness (QED) is 0.0410. The summed E-state index contributed by atoms with van der Waals surface area (Å²) in [6.07, 6.45) is 5.12. The lowest BCUT2D eigenvalue weighted by Gasteiger charge is -2.41. The van der Waals surface area contributed by atoms with Gasteiger partial charge in [-0.25, -0.2) is 4.57 Å². The first-order chi connectivity index (χ1) is 21.3. The van der Waals surface area contributed by atoms with Crippen LogP contribution < -0.4 is 5.32 Å². The number of nitrogens with one attached hydrogen (secondary N) is 1. The van der Waals surface area contributed by atoms with E-state index in [9.17, 15) is 50.0 Å². The van der Waals surface area contributed by atoms with Gasteiger partial charge in [0.1, 0.15) is 36.6 Å². The van der Waals surface area contributed by atoms with Gasteiger partial charge < -0.3 is 46.0 Å². The van der Waals surface area contributed by atoms with Gasteiger partial charge in [0, 0.05) is 0 Å². The zero-order valence-electron chi connectivity index (χ0n) is 26.8. The van der Waals surface area contributed by atoms with Crippen LogP contribution in [0.1, 0.15) is 104 Å². The van der Waals surface area contributed by atoms with Crippen molar-refractivity contribution < 1.29 is 59.0 Å². The van der Waals surface area contributed by atoms with E-state index in [1.54, 1.807) is 6.08 Å². The fourth-order valence-corrected chi connectivity index (χ4v) is 5.93. The first-order valence-electron chi connectivity index (χ1n) is 16.4. The Kier molecular flexibility index (Phi) is 21.5. The monoisotopic (exact) mass is 667 g/mol. The van der Waals surface area contributed by atoms with Crippen molar-refractivity contribution in [2.75, 3.05) is 6.61 Å². The number of rotatable bonds is 24. The fraction of sp³-hybridized carbons (Fsp3) is 0.839. The van der Waals surface area contributed by atoms with Gasteiger partial charge in [-0.1, -0.05) is 95.9 Å². The molecule has 0 heterocycles. The van der Waals surface area contributed by atoms with Gasteiger partial charge in [0.2, 0.25) is 5.91 Å². The number of carbonyl (C=O) groups excluding carboxylic acids is 1. The van der Waals surface area contributed by atoms with E-state index < -0.39 is 75.2 Å². The normalized spacial score (nSPS) is 27.4. The van der Waals surface area contributed by atoms with E-state index in [0.717, 1.165) is 44.9 Å². The summed E-state index contributed by atoms with van der Waals surface area (Å²) >= 11 is 0. The minimum atomic E-state index is -5.12. The molecule has 1 aliphatic carbocycles. The summed E-state index contributed by atoms with van der Waals surface area (Å²) in [6.45, 7) is 3.49. The molecule has 8 unspecified atom stereocenters. The van der Waals surface area contributed by atoms with Crippen molar-refractivity contribution in [3.63, 3.8) is 0 Å². The van der Waals surface area contributed by atoms with Gasteiger partial charge in [0.05, 0.1) is 31.3 Å². The Bertz CT molecular complexity index is 890. The molecular weight excluding hydrogens is 609 g/mol. The van der Waals surface area contributed by atoms with Gasteiger partial charge in [-0.2, -0.15) is 0 Å². The molecule has 13 nitrogen and oxygen atoms in total. The largest absolute Gasteiger partial charge is 0.472 e. The molecule has 1 aliphatic rings. The predicted octanol–water partition coefficient (Wildman–Crippen LogP) is 2.13. The molecule has 1 fully saturated rings. The van der Waals surface area contributed by atoms with Crippen molar-refractivity contribution in [1.29, 1.82) is 0 Å². The molecule has 0 radical (unpaired) electrons. The Balaban J connectivity index is 2.76. The van der Waals surface area contributed by atoms with Crippen LogP contribution in [-0.4, -0.2) is 108 Å². The van der Waals surface area contributed by atoms with Gasteiger partial charge in [-0.15, -0.1) is 0 Å². The lowest BCUT2D eigenvalue weighted by atomic mass is 9.85. The first-order valence-corrected chi connectivity index (χ1v) is 17.9. The molecule has 0 aromatic heterocycles. The second-order valence-electron chi connectivity index (χ2n) is 11.8. The highest BCUT2D eigenvalue weighted by molar-refractivity contribution is 7.47. The highest BCUT2D eigenvalue weighted by Gasteiger charge is 2.51. The molecule has 0 bridgehead atoms. The molecule has 14 heteroatoms. The molecule has 45 heavy (non-hydrogen) atoms. The van der Waals surface area contributed by atoms with Crippen molar-refractivity contribution in [3.05, 3.63) is 24.3 Å². The van der Waals surface area contributed by atoms with Crippen molar-refractivity contribution in [1.82, 2.24) is 5.32 Å². The minimum Gasteiger partial charge on any atom is -0.393 e. The number of allylic oxidation sites excluding steroid dienone is 3. The third-order valence-electron chi connectivity index (χ3n) is 7.77. The van der Waals surface area contributed by atoms with E-state index in [1.807, 2.05) is 6.08 Å². The molecule has 8 atom stereocenters. The summed E-state index contributed by atoms with van der Waals surface area (Å²) in [5, 5.41) is 73.3. The number of phosphoric acid groups is 1. The maximum Gasteiger partial charge on any atom is 0.472 e. The molecule has 0 spiro atoms. The standard InChI is InChI=1S/C31H58NO12P/c1-3-5-7-9-11-13-14-16-18-22(33)20-25(35)32-23(24(34)19-17-15-12-10-8-6-4-2)21-43-45(41,42)44-31-29(39)27(37)26(36)28(38)30(31)40/h8,10,17,19,22-24,26-31,33-34,36-40H,3-7,9,11-16,18,20-21H2,1-2H3,(H,32,35)(H,41,42)/b10-8+,19-17+. The van der Waals surface area contributed by atoms with Crippen LogP contribution in [0.15, 0.2) is 24.3 Å². The Labute approximate surface area is 267 Å². The van der Waals surface area contributed by atoms with Gasteiger partial charge in [0.25, 0.3) is 0 Å². The van der Waals surface area contributed by atoms with Crippen LogP contribution in [-0.2, 0) is 18.4 Å². The molecule has 0 saturated heterocycles. The number of amides is 1. The van der Waals surface area contributed by atoms with Gasteiger partial charge in [0.15, 0.2) is 0 Å². The van der Waals surface area contributed by atoms with Crippen molar-refractivity contribution in [2.24, 2.45) is 0 Å².